The second-order valence-electron chi connectivity index (χ2n) is 18.2. The fraction of sp³-hybridized carbons (Fsp3) is 0.217. The number of methoxy groups -OCH3 is 1. The second-order valence-corrected chi connectivity index (χ2v) is 29.0. The maximum Gasteiger partial charge on any atom is 0.298 e. The van der Waals surface area contributed by atoms with Gasteiger partial charge in [0.25, 0.3) is 60.7 Å². The van der Waals surface area contributed by atoms with E-state index >= 15 is 0 Å². The number of carbonyl (C=O) groups excluding carboxylic acids is 1. The van der Waals surface area contributed by atoms with Crippen LogP contribution < -0.4 is 14.8 Å². The number of benzene rings is 5. The molecule has 41 heteroatoms. The second kappa shape index (κ2) is 24.4. The number of nitrogens with one attached hydrogen (secondary N) is 1. The lowest BCUT2D eigenvalue weighted by molar-refractivity contribution is -0.114. The fourth-order valence-corrected chi connectivity index (χ4v) is 14.3. The lowest BCUT2D eigenvalue weighted by Crippen LogP contribution is -2.11. The van der Waals surface area contributed by atoms with Gasteiger partial charge in [-0.1, -0.05) is 11.3 Å². The van der Waals surface area contributed by atoms with E-state index in [9.17, 15) is 93.0 Å². The first-order valence-corrected chi connectivity index (χ1v) is 34.6. The van der Waals surface area contributed by atoms with E-state index in [1.807, 2.05) is 6.07 Å². The number of aryl methyl sites for hydroxylation is 1. The number of nitrogens with zero attached hydrogens (tertiary/aromatic N) is 10. The summed E-state index contributed by atoms with van der Waals surface area (Å²) < 4.78 is 217. The van der Waals surface area contributed by atoms with Crippen LogP contribution in [0.3, 0.4) is 0 Å². The van der Waals surface area contributed by atoms with Gasteiger partial charge in [-0.25, -0.2) is 9.97 Å². The third kappa shape index (κ3) is 14.6. The summed E-state index contributed by atoms with van der Waals surface area (Å²) in [7, 11) is -28.5. The van der Waals surface area contributed by atoms with Crippen molar-refractivity contribution in [2.45, 2.75) is 58.1 Å². The van der Waals surface area contributed by atoms with Crippen molar-refractivity contribution in [2.75, 3.05) is 36.3 Å². The number of pyridine rings is 1. The number of hydrogen-bond acceptors (Lipinski definition) is 27. The molecule has 0 aliphatic heterocycles. The summed E-state index contributed by atoms with van der Waals surface area (Å²) in [4.78, 5) is 16.5. The van der Waals surface area contributed by atoms with Crippen LogP contribution in [0.5, 0.6) is 17.4 Å². The number of anilines is 1. The minimum Gasteiger partial charge on any atom is -0.494 e. The molecular weight excluding hydrogens is 1320 g/mol. The minimum absolute atomic E-state index is 0.00594. The highest BCUT2D eigenvalue weighted by Crippen LogP contribution is 2.46. The normalized spacial score (nSPS) is 13.1. The standard InChI is InChI=1S/C46H41N11O22S8/c1-21-13-30(52-55-39-22(2)27(20-47)44-49-40-33(57(44)45(39)59)8-7-28(48-23(3)58)43(40)87(75,76)77)35(79-9-5-11-82(60,61)62)17-29(21)51-54-32-18-34(78-4)31(19-36(32)80-10-6-12-83(63,64)65)53-56-46-50-41-38(86(72,73)74)16-25-26(42(41)81-46)14-24(84(66,67)68)15-37(25)85(69,70)71/h7-8,13-19,59H,5-6,9-12H2,1-4H3,(H,48,58)(H,60,61,62)(H,63,64,65)(H,66,67,68)(H,69,70,71)(H,72,73,74)(H,75,76,77). The van der Waals surface area contributed by atoms with Gasteiger partial charge in [-0.3, -0.25) is 36.5 Å². The number of thiazole rings is 1. The van der Waals surface area contributed by atoms with E-state index < -0.39 is 125 Å². The number of nitriles is 1. The SMILES string of the molecule is COc1cc(N=Nc2cc(OCCCS(=O)(=O)O)c(N=Nc3c(C)c(C#N)c4nc5c(S(=O)(=O)O)c(NC(C)=O)ccc5n4c3O)cc2C)c(SCCCS(=O)(=O)O)cc1N=Nc1nc2c(S(=O)(=O)O)cc3c(S(=O)(=O)O)cc(S(=O)(=O)O)cc3c2s1. The molecule has 0 saturated heterocycles. The van der Waals surface area contributed by atoms with Crippen LogP contribution in [0.2, 0.25) is 0 Å². The van der Waals surface area contributed by atoms with Crippen LogP contribution in [0.25, 0.3) is 37.7 Å². The Kier molecular flexibility index (Phi) is 18.3. The number of aromatic nitrogens is 3. The summed E-state index contributed by atoms with van der Waals surface area (Å²) >= 11 is 1.48. The first-order valence-electron chi connectivity index (χ1n) is 23.9. The molecule has 0 spiro atoms. The van der Waals surface area contributed by atoms with Crippen molar-refractivity contribution in [1.29, 1.82) is 5.26 Å². The Hall–Kier alpha value is -7.83. The maximum absolute atomic E-state index is 12.7. The quantitative estimate of drug-likeness (QED) is 0.0136. The van der Waals surface area contributed by atoms with Crippen molar-refractivity contribution in [2.24, 2.45) is 30.7 Å². The minimum atomic E-state index is -5.34. The Balaban J connectivity index is 1.22. The van der Waals surface area contributed by atoms with Gasteiger partial charge in [0.1, 0.15) is 65.9 Å². The van der Waals surface area contributed by atoms with Crippen LogP contribution >= 0.6 is 23.1 Å². The average molecular weight is 1360 g/mol. The van der Waals surface area contributed by atoms with E-state index in [0.29, 0.717) is 29.0 Å². The van der Waals surface area contributed by atoms with Crippen LogP contribution in [-0.2, 0) is 65.5 Å². The van der Waals surface area contributed by atoms with E-state index in [-0.39, 0.29) is 108 Å². The number of rotatable bonds is 22. The van der Waals surface area contributed by atoms with Crippen LogP contribution in [0.4, 0.5) is 39.3 Å². The van der Waals surface area contributed by atoms with Gasteiger partial charge in [0, 0.05) is 40.3 Å². The molecule has 460 valence electrons. The van der Waals surface area contributed by atoms with Gasteiger partial charge in [-0.05, 0) is 80.5 Å². The molecule has 8 N–H and O–H groups in total. The monoisotopic (exact) mass is 1360 g/mol. The largest absolute Gasteiger partial charge is 0.494 e. The summed E-state index contributed by atoms with van der Waals surface area (Å²) in [5.74, 6) is -3.05. The highest BCUT2D eigenvalue weighted by atomic mass is 32.2. The number of amides is 1. The average Bonchev–Trinajstić information content (AvgIpc) is 1.68. The molecule has 0 fully saturated rings. The van der Waals surface area contributed by atoms with Crippen LogP contribution in [0, 0.1) is 25.2 Å². The summed E-state index contributed by atoms with van der Waals surface area (Å²) in [6, 6.07) is 11.3. The van der Waals surface area contributed by atoms with E-state index in [0.717, 1.165) is 35.2 Å². The highest BCUT2D eigenvalue weighted by molar-refractivity contribution is 7.99. The predicted octanol–water partition coefficient (Wildman–Crippen LogP) is 8.67. The Bertz CT molecular complexity index is 5110. The Morgan fingerprint density at radius 3 is 1.93 bits per heavy atom. The molecule has 1 amide bonds. The Labute approximate surface area is 500 Å². The molecule has 3 aromatic heterocycles. The van der Waals surface area contributed by atoms with E-state index in [1.54, 1.807) is 0 Å². The molecule has 8 aromatic rings. The predicted molar refractivity (Wildman–Crippen MR) is 309 cm³/mol. The van der Waals surface area contributed by atoms with Gasteiger partial charge in [0.15, 0.2) is 11.3 Å². The van der Waals surface area contributed by atoms with Crippen LogP contribution in [0.1, 0.15) is 36.5 Å². The Morgan fingerprint density at radius 2 is 1.32 bits per heavy atom. The number of ether oxygens (including phenoxy) is 2. The smallest absolute Gasteiger partial charge is 0.298 e. The molecule has 5 aromatic carbocycles. The molecule has 0 aliphatic rings. The van der Waals surface area contributed by atoms with E-state index in [2.05, 4.69) is 46.0 Å². The van der Waals surface area contributed by atoms with E-state index in [1.165, 1.54) is 51.3 Å². The lowest BCUT2D eigenvalue weighted by atomic mass is 10.1. The number of azo groups is 3. The maximum atomic E-state index is 12.7. The van der Waals surface area contributed by atoms with Crippen LogP contribution in [-0.4, -0.2) is 134 Å². The van der Waals surface area contributed by atoms with Crippen molar-refractivity contribution in [3.63, 3.8) is 0 Å². The van der Waals surface area contributed by atoms with Crippen LogP contribution in [0.15, 0.2) is 110 Å². The zero-order valence-corrected chi connectivity index (χ0v) is 51.0. The molecule has 3 heterocycles. The zero-order chi connectivity index (χ0) is 64.1. The third-order valence-corrected chi connectivity index (χ3v) is 19.3. The first kappa shape index (κ1) is 65.2. The molecule has 0 atom stereocenters. The van der Waals surface area contributed by atoms with Gasteiger partial charge in [0.2, 0.25) is 16.9 Å². The van der Waals surface area contributed by atoms with Gasteiger partial charge in [0.05, 0.1) is 51.7 Å². The molecule has 0 aliphatic carbocycles. The highest BCUT2D eigenvalue weighted by Gasteiger charge is 2.30. The molecule has 0 radical (unpaired) electrons. The van der Waals surface area contributed by atoms with Crippen molar-refractivity contribution in [1.82, 2.24) is 14.4 Å². The Morgan fingerprint density at radius 1 is 0.701 bits per heavy atom. The number of fused-ring (bicyclic) bond motifs is 6. The van der Waals surface area contributed by atoms with Crippen molar-refractivity contribution >= 4 is 167 Å². The third-order valence-electron chi connectivity index (χ3n) is 12.1. The number of aromatic hydroxyl groups is 1. The van der Waals surface area contributed by atoms with E-state index in [4.69, 9.17) is 9.47 Å². The lowest BCUT2D eigenvalue weighted by Gasteiger charge is -2.12. The molecule has 87 heavy (non-hydrogen) atoms. The number of thioether (sulfide) groups is 1. The molecule has 0 saturated carbocycles. The fourth-order valence-electron chi connectivity index (χ4n) is 8.35. The topological polar surface area (TPSA) is 522 Å². The molecule has 33 nitrogen and oxygen atoms in total. The van der Waals surface area contributed by atoms with Crippen molar-refractivity contribution < 1.29 is 97.2 Å². The van der Waals surface area contributed by atoms with Gasteiger partial charge in [-0.2, -0.15) is 60.9 Å². The molecule has 8 rings (SSSR count). The molecule has 0 bridgehead atoms. The van der Waals surface area contributed by atoms with Gasteiger partial charge < -0.3 is 19.9 Å². The van der Waals surface area contributed by atoms with Crippen molar-refractivity contribution in [3.05, 3.63) is 71.3 Å². The number of imidazole rings is 1. The van der Waals surface area contributed by atoms with Crippen molar-refractivity contribution in [3.8, 4) is 23.4 Å². The molecular formula is C46H41N11O22S8. The summed E-state index contributed by atoms with van der Waals surface area (Å²) in [5.41, 5.74) is -2.28. The number of carbonyl (C=O) groups is 1. The summed E-state index contributed by atoms with van der Waals surface area (Å²) in [6.07, 6.45) is -0.369. The molecule has 0 unspecified atom stereocenters. The van der Waals surface area contributed by atoms with Gasteiger partial charge in [-0.15, -0.1) is 37.3 Å². The zero-order valence-electron chi connectivity index (χ0n) is 44.4. The number of hydrogen-bond donors (Lipinski definition) is 8. The first-order chi connectivity index (χ1) is 40.4. The van der Waals surface area contributed by atoms with Gasteiger partial charge >= 0.3 is 0 Å². The summed E-state index contributed by atoms with van der Waals surface area (Å²) in [5, 5.41) is 48.5. The summed E-state index contributed by atoms with van der Waals surface area (Å²) in [6.45, 7) is 3.62.